The predicted octanol–water partition coefficient (Wildman–Crippen LogP) is 3.35. The Kier molecular flexibility index (Phi) is 4.11. The first-order valence-electron chi connectivity index (χ1n) is 6.97. The van der Waals surface area contributed by atoms with Crippen LogP contribution < -0.4 is 10.2 Å². The molecule has 0 radical (unpaired) electrons. The van der Waals surface area contributed by atoms with Gasteiger partial charge in [0.05, 0.1) is 17.8 Å². The topological polar surface area (TPSA) is 27.7 Å². The van der Waals surface area contributed by atoms with E-state index in [1.165, 1.54) is 0 Å². The van der Waals surface area contributed by atoms with Crippen LogP contribution in [0.15, 0.2) is 12.1 Å². The quantitative estimate of drug-likeness (QED) is 0.801. The molecule has 0 atom stereocenters. The minimum Gasteiger partial charge on any atom is -0.494 e. The van der Waals surface area contributed by atoms with Crippen LogP contribution in [-0.2, 0) is 9.31 Å². The highest BCUT2D eigenvalue weighted by molar-refractivity contribution is 6.65. The van der Waals surface area contributed by atoms with Crippen molar-refractivity contribution in [1.29, 1.82) is 0 Å². The van der Waals surface area contributed by atoms with Crippen LogP contribution in [0.3, 0.4) is 0 Å². The second kappa shape index (κ2) is 5.25. The lowest BCUT2D eigenvalue weighted by Crippen LogP contribution is -2.41. The van der Waals surface area contributed by atoms with Gasteiger partial charge in [-0.3, -0.25) is 0 Å². The SMILES string of the molecule is CCOc1ccc(B2OC(C)(C)C(C)(C)O2)c(Cl)c1C. The van der Waals surface area contributed by atoms with Crippen LogP contribution in [-0.4, -0.2) is 24.9 Å². The summed E-state index contributed by atoms with van der Waals surface area (Å²) in [7, 11) is -0.443. The average Bonchev–Trinajstić information content (AvgIpc) is 2.55. The van der Waals surface area contributed by atoms with E-state index in [-0.39, 0.29) is 11.2 Å². The van der Waals surface area contributed by atoms with Crippen molar-refractivity contribution < 1.29 is 14.0 Å². The summed E-state index contributed by atoms with van der Waals surface area (Å²) in [5.41, 5.74) is 1.04. The van der Waals surface area contributed by atoms with Crippen molar-refractivity contribution in [2.24, 2.45) is 0 Å². The Hall–Kier alpha value is -0.705. The fraction of sp³-hybridized carbons (Fsp3) is 0.600. The molecule has 1 aliphatic heterocycles. The van der Waals surface area contributed by atoms with Gasteiger partial charge in [-0.2, -0.15) is 0 Å². The first-order chi connectivity index (χ1) is 9.19. The van der Waals surface area contributed by atoms with Crippen molar-refractivity contribution >= 4 is 24.2 Å². The lowest BCUT2D eigenvalue weighted by Gasteiger charge is -2.32. The molecule has 0 amide bonds. The molecule has 20 heavy (non-hydrogen) atoms. The second-order valence-electron chi connectivity index (χ2n) is 6.11. The summed E-state index contributed by atoms with van der Waals surface area (Å²) < 4.78 is 17.6. The van der Waals surface area contributed by atoms with Crippen LogP contribution in [0, 0.1) is 6.92 Å². The highest BCUT2D eigenvalue weighted by atomic mass is 35.5. The van der Waals surface area contributed by atoms with Crippen LogP contribution >= 0.6 is 11.6 Å². The van der Waals surface area contributed by atoms with E-state index in [4.69, 9.17) is 25.6 Å². The molecule has 1 heterocycles. The Morgan fingerprint density at radius 2 is 1.70 bits per heavy atom. The Morgan fingerprint density at radius 3 is 2.20 bits per heavy atom. The summed E-state index contributed by atoms with van der Waals surface area (Å²) in [4.78, 5) is 0. The Bertz CT molecular complexity index is 498. The van der Waals surface area contributed by atoms with E-state index >= 15 is 0 Å². The Balaban J connectivity index is 2.34. The van der Waals surface area contributed by atoms with Crippen LogP contribution in [0.2, 0.25) is 5.02 Å². The molecule has 110 valence electrons. The van der Waals surface area contributed by atoms with Crippen molar-refractivity contribution in [3.8, 4) is 5.75 Å². The molecule has 1 fully saturated rings. The van der Waals surface area contributed by atoms with Crippen LogP contribution in [0.1, 0.15) is 40.2 Å². The standard InChI is InChI=1S/C15H22BClO3/c1-7-18-12-9-8-11(13(17)10(12)2)16-19-14(3,4)15(5,6)20-16/h8-9H,7H2,1-6H3. The van der Waals surface area contributed by atoms with E-state index in [1.54, 1.807) is 0 Å². The molecule has 1 aromatic carbocycles. The van der Waals surface area contributed by atoms with Gasteiger partial charge in [-0.1, -0.05) is 17.7 Å². The van der Waals surface area contributed by atoms with Gasteiger partial charge in [0, 0.05) is 16.0 Å². The fourth-order valence-corrected chi connectivity index (χ4v) is 2.40. The third-order valence-electron chi connectivity index (χ3n) is 4.17. The summed E-state index contributed by atoms with van der Waals surface area (Å²) in [5, 5.41) is 0.648. The van der Waals surface area contributed by atoms with Gasteiger partial charge in [0.15, 0.2) is 0 Å². The van der Waals surface area contributed by atoms with Crippen molar-refractivity contribution in [1.82, 2.24) is 0 Å². The maximum Gasteiger partial charge on any atom is 0.496 e. The van der Waals surface area contributed by atoms with Crippen LogP contribution in [0.5, 0.6) is 5.75 Å². The summed E-state index contributed by atoms with van der Waals surface area (Å²) in [5.74, 6) is 0.803. The molecular weight excluding hydrogens is 274 g/mol. The monoisotopic (exact) mass is 296 g/mol. The zero-order chi connectivity index (χ0) is 15.1. The van der Waals surface area contributed by atoms with Crippen molar-refractivity contribution in [3.05, 3.63) is 22.7 Å². The highest BCUT2D eigenvalue weighted by Crippen LogP contribution is 2.37. The first-order valence-corrected chi connectivity index (χ1v) is 7.35. The Labute approximate surface area is 126 Å². The van der Waals surface area contributed by atoms with E-state index in [9.17, 15) is 0 Å². The zero-order valence-corrected chi connectivity index (χ0v) is 13.8. The number of rotatable bonds is 3. The molecule has 0 spiro atoms. The van der Waals surface area contributed by atoms with Gasteiger partial charge in [-0.05, 0) is 47.6 Å². The summed E-state index contributed by atoms with van der Waals surface area (Å²) in [6.45, 7) is 12.6. The molecule has 2 rings (SSSR count). The van der Waals surface area contributed by atoms with Gasteiger partial charge in [-0.25, -0.2) is 0 Å². The lowest BCUT2D eigenvalue weighted by molar-refractivity contribution is 0.00578. The lowest BCUT2D eigenvalue weighted by atomic mass is 9.78. The first kappa shape index (κ1) is 15.7. The van der Waals surface area contributed by atoms with Gasteiger partial charge in [0.1, 0.15) is 5.75 Å². The Morgan fingerprint density at radius 1 is 1.15 bits per heavy atom. The molecular formula is C15H22BClO3. The fourth-order valence-electron chi connectivity index (χ4n) is 2.15. The molecule has 5 heteroatoms. The van der Waals surface area contributed by atoms with Crippen molar-refractivity contribution in [2.45, 2.75) is 52.7 Å². The van der Waals surface area contributed by atoms with E-state index in [2.05, 4.69) is 0 Å². The van der Waals surface area contributed by atoms with Gasteiger partial charge < -0.3 is 14.0 Å². The van der Waals surface area contributed by atoms with E-state index < -0.39 is 7.12 Å². The van der Waals surface area contributed by atoms with Crippen molar-refractivity contribution in [3.63, 3.8) is 0 Å². The summed E-state index contributed by atoms with van der Waals surface area (Å²) in [6, 6.07) is 3.84. The number of hydrogen-bond acceptors (Lipinski definition) is 3. The summed E-state index contributed by atoms with van der Waals surface area (Å²) >= 11 is 6.46. The van der Waals surface area contributed by atoms with Gasteiger partial charge in [0.25, 0.3) is 0 Å². The third-order valence-corrected chi connectivity index (χ3v) is 4.68. The number of benzene rings is 1. The molecule has 0 saturated carbocycles. The normalized spacial score (nSPS) is 20.2. The average molecular weight is 297 g/mol. The maximum atomic E-state index is 6.46. The smallest absolute Gasteiger partial charge is 0.494 e. The molecule has 3 nitrogen and oxygen atoms in total. The minimum atomic E-state index is -0.443. The predicted molar refractivity (Wildman–Crippen MR) is 83.1 cm³/mol. The van der Waals surface area contributed by atoms with Crippen LogP contribution in [0.4, 0.5) is 0 Å². The molecule has 1 saturated heterocycles. The molecule has 1 aromatic rings. The molecule has 0 unspecified atom stereocenters. The van der Waals surface area contributed by atoms with Gasteiger partial charge in [0.2, 0.25) is 0 Å². The van der Waals surface area contributed by atoms with Gasteiger partial charge in [-0.15, -0.1) is 0 Å². The van der Waals surface area contributed by atoms with Crippen molar-refractivity contribution in [2.75, 3.05) is 6.61 Å². The molecule has 0 bridgehead atoms. The number of hydrogen-bond donors (Lipinski definition) is 0. The van der Waals surface area contributed by atoms with Crippen LogP contribution in [0.25, 0.3) is 0 Å². The zero-order valence-electron chi connectivity index (χ0n) is 13.0. The summed E-state index contributed by atoms with van der Waals surface area (Å²) in [6.07, 6.45) is 0. The van der Waals surface area contributed by atoms with E-state index in [0.717, 1.165) is 16.8 Å². The van der Waals surface area contributed by atoms with Gasteiger partial charge >= 0.3 is 7.12 Å². The number of halogens is 1. The maximum absolute atomic E-state index is 6.46. The van der Waals surface area contributed by atoms with E-state index in [0.29, 0.717) is 11.6 Å². The minimum absolute atomic E-state index is 0.368. The molecule has 0 N–H and O–H groups in total. The largest absolute Gasteiger partial charge is 0.496 e. The number of ether oxygens (including phenoxy) is 1. The third kappa shape index (κ3) is 2.57. The molecule has 0 aromatic heterocycles. The molecule has 0 aliphatic carbocycles. The highest BCUT2D eigenvalue weighted by Gasteiger charge is 2.52. The molecule has 1 aliphatic rings. The second-order valence-corrected chi connectivity index (χ2v) is 6.49. The van der Waals surface area contributed by atoms with E-state index in [1.807, 2.05) is 53.7 Å².